The molecule has 0 spiro atoms. The number of allylic oxidation sites excluding steroid dienone is 1. The summed E-state index contributed by atoms with van der Waals surface area (Å²) in [4.78, 5) is 12.6. The highest BCUT2D eigenvalue weighted by Gasteiger charge is 2.17. The topological polar surface area (TPSA) is 20.9 Å². The first-order chi connectivity index (χ1) is 11.2. The van der Waals surface area contributed by atoms with E-state index in [4.69, 9.17) is 0 Å². The minimum absolute atomic E-state index is 0. The van der Waals surface area contributed by atoms with Crippen molar-refractivity contribution in [2.24, 2.45) is 7.05 Å². The average molecular weight is 427 g/mol. The van der Waals surface area contributed by atoms with Gasteiger partial charge in [-0.1, -0.05) is 36.4 Å². The molecule has 0 saturated carbocycles. The van der Waals surface area contributed by atoms with Crippen molar-refractivity contribution in [1.82, 2.24) is 0 Å². The summed E-state index contributed by atoms with van der Waals surface area (Å²) in [5.41, 5.74) is 4.56. The number of aromatic nitrogens is 1. The second-order valence-corrected chi connectivity index (χ2v) is 6.11. The number of aryl methyl sites for hydroxylation is 3. The van der Waals surface area contributed by atoms with E-state index in [0.29, 0.717) is 0 Å². The molecule has 120 valence electrons. The Kier molecular flexibility index (Phi) is 4.81. The first kappa shape index (κ1) is 16.8. The van der Waals surface area contributed by atoms with E-state index in [2.05, 4.69) is 24.3 Å². The molecule has 0 amide bonds. The van der Waals surface area contributed by atoms with Crippen LogP contribution in [0, 0.1) is 0 Å². The van der Waals surface area contributed by atoms with Gasteiger partial charge in [0.2, 0.25) is 0 Å². The molecular formula is C21H18INO. The summed E-state index contributed by atoms with van der Waals surface area (Å²) in [6.45, 7) is 0. The first-order valence-corrected chi connectivity index (χ1v) is 7.93. The minimum Gasteiger partial charge on any atom is -1.00 e. The van der Waals surface area contributed by atoms with E-state index < -0.39 is 0 Å². The molecule has 0 bridgehead atoms. The van der Waals surface area contributed by atoms with Crippen LogP contribution in [0.15, 0.2) is 60.9 Å². The fourth-order valence-corrected chi connectivity index (χ4v) is 3.35. The van der Waals surface area contributed by atoms with Crippen LogP contribution in [0.4, 0.5) is 0 Å². The Bertz CT molecular complexity index is 932. The zero-order chi connectivity index (χ0) is 15.8. The van der Waals surface area contributed by atoms with Crippen LogP contribution in [-0.2, 0) is 19.9 Å². The number of nitrogens with zero attached hydrogens (tertiary/aromatic N) is 1. The maximum Gasteiger partial charge on any atom is 0.186 e. The molecule has 0 atom stereocenters. The van der Waals surface area contributed by atoms with Gasteiger partial charge in [0.25, 0.3) is 0 Å². The molecule has 1 aromatic heterocycles. The van der Waals surface area contributed by atoms with E-state index in [9.17, 15) is 4.79 Å². The molecule has 2 nitrogen and oxygen atoms in total. The van der Waals surface area contributed by atoms with Gasteiger partial charge in [-0.25, -0.2) is 4.57 Å². The summed E-state index contributed by atoms with van der Waals surface area (Å²) in [5, 5.41) is 2.38. The highest BCUT2D eigenvalue weighted by Crippen LogP contribution is 2.33. The molecule has 1 aliphatic carbocycles. The van der Waals surface area contributed by atoms with Crippen molar-refractivity contribution >= 4 is 22.6 Å². The van der Waals surface area contributed by atoms with Gasteiger partial charge in [-0.05, 0) is 46.4 Å². The molecule has 1 aliphatic rings. The van der Waals surface area contributed by atoms with E-state index in [1.807, 2.05) is 48.3 Å². The van der Waals surface area contributed by atoms with Crippen LogP contribution in [0.5, 0.6) is 0 Å². The Morgan fingerprint density at radius 1 is 1.00 bits per heavy atom. The normalized spacial score (nSPS) is 12.5. The Morgan fingerprint density at radius 3 is 2.46 bits per heavy atom. The first-order valence-electron chi connectivity index (χ1n) is 7.93. The zero-order valence-electron chi connectivity index (χ0n) is 13.5. The van der Waals surface area contributed by atoms with Gasteiger partial charge >= 0.3 is 0 Å². The summed E-state index contributed by atoms with van der Waals surface area (Å²) >= 11 is 0. The fourth-order valence-electron chi connectivity index (χ4n) is 3.35. The van der Waals surface area contributed by atoms with Crippen molar-refractivity contribution < 1.29 is 33.3 Å². The minimum atomic E-state index is 0. The molecule has 0 unspecified atom stereocenters. The van der Waals surface area contributed by atoms with E-state index in [0.717, 1.165) is 29.4 Å². The molecule has 0 fully saturated rings. The van der Waals surface area contributed by atoms with Crippen LogP contribution >= 0.6 is 0 Å². The molecular weight excluding hydrogens is 409 g/mol. The van der Waals surface area contributed by atoms with Gasteiger partial charge in [0, 0.05) is 17.7 Å². The fraction of sp³-hybridized carbons (Fsp3) is 0.143. The Labute approximate surface area is 158 Å². The van der Waals surface area contributed by atoms with Gasteiger partial charge in [-0.2, -0.15) is 0 Å². The largest absolute Gasteiger partial charge is 1.00 e. The number of halogens is 1. The lowest BCUT2D eigenvalue weighted by Crippen LogP contribution is -3.00. The van der Waals surface area contributed by atoms with Gasteiger partial charge in [-0.15, -0.1) is 0 Å². The third-order valence-electron chi connectivity index (χ3n) is 4.57. The van der Waals surface area contributed by atoms with Gasteiger partial charge in [0.15, 0.2) is 18.2 Å². The molecule has 3 heteroatoms. The van der Waals surface area contributed by atoms with Crippen LogP contribution in [0.2, 0.25) is 0 Å². The maximum atomic E-state index is 12.6. The lowest BCUT2D eigenvalue weighted by atomic mass is 9.97. The summed E-state index contributed by atoms with van der Waals surface area (Å²) in [6, 6.07) is 14.4. The van der Waals surface area contributed by atoms with Crippen molar-refractivity contribution in [1.29, 1.82) is 0 Å². The standard InChI is InChI=1S/C21H18NO.HI/c1-22-13-11-15(12-14-22)5-10-20(23)18-9-8-17-7-6-16-3-2-4-19(18)21(16)17;/h2-5,8-14H,6-7H2,1H3;1H/q+1;/p-1/b10-5+;. The molecule has 0 saturated heterocycles. The lowest BCUT2D eigenvalue weighted by Gasteiger charge is -2.06. The third-order valence-corrected chi connectivity index (χ3v) is 4.57. The molecule has 24 heavy (non-hydrogen) atoms. The predicted octanol–water partition coefficient (Wildman–Crippen LogP) is 0.663. The van der Waals surface area contributed by atoms with E-state index in [-0.39, 0.29) is 29.8 Å². The van der Waals surface area contributed by atoms with Gasteiger partial charge in [0.05, 0.1) is 0 Å². The number of hydrogen-bond acceptors (Lipinski definition) is 1. The number of rotatable bonds is 3. The van der Waals surface area contributed by atoms with E-state index >= 15 is 0 Å². The van der Waals surface area contributed by atoms with Crippen molar-refractivity contribution in [2.45, 2.75) is 12.8 Å². The lowest BCUT2D eigenvalue weighted by molar-refractivity contribution is -0.671. The van der Waals surface area contributed by atoms with Crippen LogP contribution < -0.4 is 28.5 Å². The van der Waals surface area contributed by atoms with Crippen LogP contribution in [0.1, 0.15) is 27.0 Å². The quantitative estimate of drug-likeness (QED) is 0.261. The second kappa shape index (κ2) is 6.85. The smallest absolute Gasteiger partial charge is 0.186 e. The van der Waals surface area contributed by atoms with Crippen molar-refractivity contribution in [3.8, 4) is 0 Å². The number of carbonyl (C=O) groups excluding carboxylic acids is 1. The Balaban J connectivity index is 0.00000169. The van der Waals surface area contributed by atoms with Crippen LogP contribution in [0.25, 0.3) is 16.8 Å². The highest BCUT2D eigenvalue weighted by atomic mass is 127. The monoisotopic (exact) mass is 427 g/mol. The number of hydrogen-bond donors (Lipinski definition) is 0. The van der Waals surface area contributed by atoms with E-state index in [1.54, 1.807) is 6.08 Å². The molecule has 1 heterocycles. The van der Waals surface area contributed by atoms with Gasteiger partial charge in [0.1, 0.15) is 7.05 Å². The Hall–Kier alpha value is -2.01. The SMILES string of the molecule is C[n+]1ccc(/C=C/C(=O)c2ccc3c4c(cccc24)CC3)cc1.[I-]. The number of pyridine rings is 1. The molecule has 2 aromatic carbocycles. The average Bonchev–Trinajstić information content (AvgIpc) is 3.00. The van der Waals surface area contributed by atoms with Crippen LogP contribution in [0.3, 0.4) is 0 Å². The van der Waals surface area contributed by atoms with E-state index in [1.165, 1.54) is 16.5 Å². The predicted molar refractivity (Wildman–Crippen MR) is 92.3 cm³/mol. The van der Waals surface area contributed by atoms with Crippen molar-refractivity contribution in [3.63, 3.8) is 0 Å². The summed E-state index contributed by atoms with van der Waals surface area (Å²) in [7, 11) is 1.98. The van der Waals surface area contributed by atoms with Gasteiger partial charge < -0.3 is 24.0 Å². The summed E-state index contributed by atoms with van der Waals surface area (Å²) < 4.78 is 1.97. The van der Waals surface area contributed by atoms with Gasteiger partial charge in [-0.3, -0.25) is 4.79 Å². The molecule has 4 rings (SSSR count). The second-order valence-electron chi connectivity index (χ2n) is 6.11. The van der Waals surface area contributed by atoms with Crippen molar-refractivity contribution in [3.05, 3.63) is 83.2 Å². The number of carbonyl (C=O) groups is 1. The summed E-state index contributed by atoms with van der Waals surface area (Å²) in [6.07, 6.45) is 9.68. The number of benzene rings is 2. The number of ketones is 1. The molecule has 0 N–H and O–H groups in total. The van der Waals surface area contributed by atoms with Crippen LogP contribution in [-0.4, -0.2) is 5.78 Å². The molecule has 3 aromatic rings. The Morgan fingerprint density at radius 2 is 1.71 bits per heavy atom. The molecule has 0 aliphatic heterocycles. The maximum absolute atomic E-state index is 12.6. The van der Waals surface area contributed by atoms with Crippen molar-refractivity contribution in [2.75, 3.05) is 0 Å². The highest BCUT2D eigenvalue weighted by molar-refractivity contribution is 6.15. The zero-order valence-corrected chi connectivity index (χ0v) is 15.7. The third kappa shape index (κ3) is 3.00. The summed E-state index contributed by atoms with van der Waals surface area (Å²) in [5.74, 6) is 0.0637. The molecule has 0 radical (unpaired) electrons.